The lowest BCUT2D eigenvalue weighted by atomic mass is 9.83. The van der Waals surface area contributed by atoms with Crippen LogP contribution in [-0.4, -0.2) is 0 Å². The first kappa shape index (κ1) is 8.76. The highest BCUT2D eigenvalue weighted by molar-refractivity contribution is 5.34. The molecule has 1 nitrogen and oxygen atoms in total. The minimum atomic E-state index is 0.312. The third kappa shape index (κ3) is 1.49. The van der Waals surface area contributed by atoms with E-state index >= 15 is 0 Å². The van der Waals surface area contributed by atoms with Crippen molar-refractivity contribution in [2.45, 2.75) is 33.4 Å². The number of hydrogen-bond donors (Lipinski definition) is 1. The summed E-state index contributed by atoms with van der Waals surface area (Å²) < 4.78 is 0. The second kappa shape index (κ2) is 2.85. The van der Waals surface area contributed by atoms with Crippen LogP contribution in [0.2, 0.25) is 0 Å². The van der Waals surface area contributed by atoms with Crippen molar-refractivity contribution in [3.8, 4) is 0 Å². The van der Waals surface area contributed by atoms with Gasteiger partial charge in [0.2, 0.25) is 0 Å². The van der Waals surface area contributed by atoms with Gasteiger partial charge < -0.3 is 5.32 Å². The standard InChI is InChI=1S/C12H17N/c1-12(2,3)11-10-7-5-4-6-9(10)8-13-11/h4-7,11,13H,8H2,1-3H3. The van der Waals surface area contributed by atoms with E-state index in [-0.39, 0.29) is 0 Å². The number of nitrogens with one attached hydrogen (secondary N) is 1. The maximum absolute atomic E-state index is 3.56. The van der Waals surface area contributed by atoms with Crippen LogP contribution >= 0.6 is 0 Å². The lowest BCUT2D eigenvalue weighted by molar-refractivity contribution is 0.288. The van der Waals surface area contributed by atoms with Crippen LogP contribution in [0.3, 0.4) is 0 Å². The van der Waals surface area contributed by atoms with Crippen LogP contribution in [0, 0.1) is 5.41 Å². The minimum absolute atomic E-state index is 0.312. The molecule has 1 aromatic rings. The van der Waals surface area contributed by atoms with Gasteiger partial charge >= 0.3 is 0 Å². The Kier molecular flexibility index (Phi) is 1.92. The SMILES string of the molecule is CC(C)(C)C1NCc2ccccc21. The van der Waals surface area contributed by atoms with Crippen LogP contribution in [0.25, 0.3) is 0 Å². The molecule has 0 aromatic heterocycles. The Morgan fingerprint density at radius 1 is 1.23 bits per heavy atom. The summed E-state index contributed by atoms with van der Waals surface area (Å²) in [5.74, 6) is 0. The summed E-state index contributed by atoms with van der Waals surface area (Å²) in [7, 11) is 0. The Labute approximate surface area is 80.2 Å². The van der Waals surface area contributed by atoms with Gasteiger partial charge in [0.05, 0.1) is 0 Å². The zero-order chi connectivity index (χ0) is 9.47. The molecule has 0 radical (unpaired) electrons. The third-order valence-corrected chi connectivity index (χ3v) is 2.73. The minimum Gasteiger partial charge on any atom is -0.305 e. The molecule has 0 aliphatic carbocycles. The Morgan fingerprint density at radius 3 is 2.62 bits per heavy atom. The van der Waals surface area contributed by atoms with Crippen molar-refractivity contribution in [1.29, 1.82) is 0 Å². The molecular weight excluding hydrogens is 158 g/mol. The van der Waals surface area contributed by atoms with Gasteiger partial charge in [0.25, 0.3) is 0 Å². The molecule has 0 amide bonds. The quantitative estimate of drug-likeness (QED) is 0.639. The second-order valence-corrected chi connectivity index (χ2v) is 4.88. The Bertz CT molecular complexity index is 309. The van der Waals surface area contributed by atoms with E-state index in [1.54, 1.807) is 0 Å². The fourth-order valence-corrected chi connectivity index (χ4v) is 2.07. The van der Waals surface area contributed by atoms with Crippen molar-refractivity contribution in [3.05, 3.63) is 35.4 Å². The zero-order valence-corrected chi connectivity index (χ0v) is 8.59. The first-order valence-electron chi connectivity index (χ1n) is 4.90. The average molecular weight is 175 g/mol. The molecule has 1 heteroatoms. The summed E-state index contributed by atoms with van der Waals surface area (Å²) in [6.07, 6.45) is 0. The van der Waals surface area contributed by atoms with Crippen molar-refractivity contribution >= 4 is 0 Å². The van der Waals surface area contributed by atoms with Gasteiger partial charge in [-0.2, -0.15) is 0 Å². The van der Waals surface area contributed by atoms with Gasteiger partial charge in [0, 0.05) is 12.6 Å². The van der Waals surface area contributed by atoms with E-state index in [2.05, 4.69) is 50.4 Å². The van der Waals surface area contributed by atoms with E-state index in [1.165, 1.54) is 11.1 Å². The second-order valence-electron chi connectivity index (χ2n) is 4.88. The fourth-order valence-electron chi connectivity index (χ4n) is 2.07. The van der Waals surface area contributed by atoms with Crippen molar-refractivity contribution in [3.63, 3.8) is 0 Å². The molecule has 1 aliphatic heterocycles. The number of fused-ring (bicyclic) bond motifs is 1. The largest absolute Gasteiger partial charge is 0.305 e. The first-order valence-corrected chi connectivity index (χ1v) is 4.90. The van der Waals surface area contributed by atoms with E-state index in [4.69, 9.17) is 0 Å². The lowest BCUT2D eigenvalue weighted by Crippen LogP contribution is -2.26. The Balaban J connectivity index is 2.39. The van der Waals surface area contributed by atoms with Gasteiger partial charge in [0.15, 0.2) is 0 Å². The number of hydrogen-bond acceptors (Lipinski definition) is 1. The van der Waals surface area contributed by atoms with Gasteiger partial charge in [-0.05, 0) is 16.5 Å². The van der Waals surface area contributed by atoms with Crippen LogP contribution in [-0.2, 0) is 6.54 Å². The van der Waals surface area contributed by atoms with Gasteiger partial charge in [-0.3, -0.25) is 0 Å². The van der Waals surface area contributed by atoms with E-state index in [1.807, 2.05) is 0 Å². The number of benzene rings is 1. The molecular formula is C12H17N. The monoisotopic (exact) mass is 175 g/mol. The molecule has 0 fully saturated rings. The Hall–Kier alpha value is -0.820. The van der Waals surface area contributed by atoms with Crippen molar-refractivity contribution in [1.82, 2.24) is 5.32 Å². The van der Waals surface area contributed by atoms with Crippen molar-refractivity contribution < 1.29 is 0 Å². The molecule has 1 aliphatic rings. The summed E-state index contributed by atoms with van der Waals surface area (Å²) in [5.41, 5.74) is 3.25. The van der Waals surface area contributed by atoms with E-state index in [0.717, 1.165) is 6.54 Å². The summed E-state index contributed by atoms with van der Waals surface area (Å²) in [6, 6.07) is 9.22. The van der Waals surface area contributed by atoms with Crippen LogP contribution < -0.4 is 5.32 Å². The van der Waals surface area contributed by atoms with Gasteiger partial charge in [0.1, 0.15) is 0 Å². The van der Waals surface area contributed by atoms with Crippen LogP contribution in [0.4, 0.5) is 0 Å². The van der Waals surface area contributed by atoms with E-state index in [0.29, 0.717) is 11.5 Å². The zero-order valence-electron chi connectivity index (χ0n) is 8.59. The van der Waals surface area contributed by atoms with Crippen molar-refractivity contribution in [2.75, 3.05) is 0 Å². The highest BCUT2D eigenvalue weighted by Crippen LogP contribution is 2.38. The molecule has 1 unspecified atom stereocenters. The highest BCUT2D eigenvalue weighted by Gasteiger charge is 2.31. The van der Waals surface area contributed by atoms with Crippen LogP contribution in [0.5, 0.6) is 0 Å². The summed E-state index contributed by atoms with van der Waals surface area (Å²) in [5, 5.41) is 3.56. The normalized spacial score (nSPS) is 21.6. The molecule has 1 N–H and O–H groups in total. The van der Waals surface area contributed by atoms with Crippen molar-refractivity contribution in [2.24, 2.45) is 5.41 Å². The molecule has 1 aromatic carbocycles. The molecule has 0 saturated carbocycles. The predicted octanol–water partition coefficient (Wildman–Crippen LogP) is 2.88. The molecule has 1 atom stereocenters. The maximum atomic E-state index is 3.56. The van der Waals surface area contributed by atoms with Gasteiger partial charge in [-0.1, -0.05) is 45.0 Å². The lowest BCUT2D eigenvalue weighted by Gasteiger charge is -2.27. The predicted molar refractivity (Wildman–Crippen MR) is 55.5 cm³/mol. The molecule has 0 saturated heterocycles. The molecule has 2 rings (SSSR count). The fraction of sp³-hybridized carbons (Fsp3) is 0.500. The molecule has 70 valence electrons. The summed E-state index contributed by atoms with van der Waals surface area (Å²) in [6.45, 7) is 7.88. The van der Waals surface area contributed by atoms with Crippen LogP contribution in [0.1, 0.15) is 37.9 Å². The molecule has 13 heavy (non-hydrogen) atoms. The van der Waals surface area contributed by atoms with E-state index < -0.39 is 0 Å². The van der Waals surface area contributed by atoms with Gasteiger partial charge in [-0.25, -0.2) is 0 Å². The topological polar surface area (TPSA) is 12.0 Å². The summed E-state index contributed by atoms with van der Waals surface area (Å²) in [4.78, 5) is 0. The van der Waals surface area contributed by atoms with Crippen LogP contribution in [0.15, 0.2) is 24.3 Å². The number of rotatable bonds is 0. The third-order valence-electron chi connectivity index (χ3n) is 2.73. The smallest absolute Gasteiger partial charge is 0.0375 e. The molecule has 1 heterocycles. The van der Waals surface area contributed by atoms with E-state index in [9.17, 15) is 0 Å². The average Bonchev–Trinajstić information content (AvgIpc) is 2.45. The summed E-state index contributed by atoms with van der Waals surface area (Å²) >= 11 is 0. The van der Waals surface area contributed by atoms with Gasteiger partial charge in [-0.15, -0.1) is 0 Å². The molecule has 0 bridgehead atoms. The first-order chi connectivity index (χ1) is 6.09. The highest BCUT2D eigenvalue weighted by atomic mass is 15.0. The molecule has 0 spiro atoms. The Morgan fingerprint density at radius 2 is 1.92 bits per heavy atom. The maximum Gasteiger partial charge on any atom is 0.0375 e.